The molecular formula is C13H13NO3. The summed E-state index contributed by atoms with van der Waals surface area (Å²) in [6, 6.07) is 8.71. The molecule has 0 radical (unpaired) electrons. The molecule has 0 aliphatic heterocycles. The first-order valence-electron chi connectivity index (χ1n) is 5.20. The third-order valence-electron chi connectivity index (χ3n) is 2.09. The maximum absolute atomic E-state index is 11.3. The molecule has 0 aromatic heterocycles. The van der Waals surface area contributed by atoms with E-state index in [1.807, 2.05) is 0 Å². The Morgan fingerprint density at radius 1 is 1.47 bits per heavy atom. The van der Waals surface area contributed by atoms with Crippen LogP contribution in [0, 0.1) is 11.3 Å². The average molecular weight is 231 g/mol. The molecule has 0 amide bonds. The van der Waals surface area contributed by atoms with Crippen LogP contribution in [-0.4, -0.2) is 17.7 Å². The molecule has 0 saturated heterocycles. The van der Waals surface area contributed by atoms with E-state index in [9.17, 15) is 4.79 Å². The van der Waals surface area contributed by atoms with Gasteiger partial charge in [-0.3, -0.25) is 0 Å². The summed E-state index contributed by atoms with van der Waals surface area (Å²) in [4.78, 5) is 11.3. The van der Waals surface area contributed by atoms with Crippen molar-refractivity contribution in [3.8, 4) is 6.07 Å². The molecule has 1 aromatic carbocycles. The summed E-state index contributed by atoms with van der Waals surface area (Å²) >= 11 is 0. The van der Waals surface area contributed by atoms with Crippen LogP contribution in [0.5, 0.6) is 0 Å². The minimum atomic E-state index is -0.624. The van der Waals surface area contributed by atoms with Crippen LogP contribution in [0.4, 0.5) is 0 Å². The number of nitrogens with zero attached hydrogens (tertiary/aromatic N) is 1. The van der Waals surface area contributed by atoms with Crippen molar-refractivity contribution in [1.29, 1.82) is 5.26 Å². The van der Waals surface area contributed by atoms with E-state index in [0.717, 1.165) is 5.56 Å². The van der Waals surface area contributed by atoms with Crippen molar-refractivity contribution >= 4 is 12.0 Å². The minimum absolute atomic E-state index is 0.0347. The van der Waals surface area contributed by atoms with Gasteiger partial charge in [0.2, 0.25) is 0 Å². The molecule has 88 valence electrons. The standard InChI is InChI=1S/C13H13NO3/c1-2-17-13(16)12(8-14)7-10-3-5-11(9-15)6-4-10/h3-7,15H,2,9H2,1H3/b12-7+. The Morgan fingerprint density at radius 3 is 2.59 bits per heavy atom. The highest BCUT2D eigenvalue weighted by Crippen LogP contribution is 2.10. The Morgan fingerprint density at radius 2 is 2.12 bits per heavy atom. The summed E-state index contributed by atoms with van der Waals surface area (Å²) in [7, 11) is 0. The second kappa shape index (κ2) is 6.46. The lowest BCUT2D eigenvalue weighted by Crippen LogP contribution is -2.05. The van der Waals surface area contributed by atoms with E-state index in [4.69, 9.17) is 15.1 Å². The van der Waals surface area contributed by atoms with Gasteiger partial charge in [-0.15, -0.1) is 0 Å². The zero-order valence-corrected chi connectivity index (χ0v) is 9.51. The van der Waals surface area contributed by atoms with Gasteiger partial charge in [0.25, 0.3) is 0 Å². The zero-order chi connectivity index (χ0) is 12.7. The Bertz CT molecular complexity index is 455. The number of esters is 1. The van der Waals surface area contributed by atoms with Gasteiger partial charge in [-0.05, 0) is 24.1 Å². The van der Waals surface area contributed by atoms with Gasteiger partial charge in [0, 0.05) is 0 Å². The molecular weight excluding hydrogens is 218 g/mol. The summed E-state index contributed by atoms with van der Waals surface area (Å²) in [5.41, 5.74) is 1.45. The Hall–Kier alpha value is -2.12. The molecule has 17 heavy (non-hydrogen) atoms. The van der Waals surface area contributed by atoms with Crippen molar-refractivity contribution in [3.05, 3.63) is 41.0 Å². The summed E-state index contributed by atoms with van der Waals surface area (Å²) in [5, 5.41) is 17.7. The number of hydrogen-bond donors (Lipinski definition) is 1. The molecule has 0 aliphatic carbocycles. The summed E-state index contributed by atoms with van der Waals surface area (Å²) < 4.78 is 4.74. The number of aliphatic hydroxyl groups excluding tert-OH is 1. The molecule has 4 heteroatoms. The van der Waals surface area contributed by atoms with E-state index in [-0.39, 0.29) is 18.8 Å². The van der Waals surface area contributed by atoms with Crippen molar-refractivity contribution in [2.45, 2.75) is 13.5 Å². The predicted molar refractivity (Wildman–Crippen MR) is 62.6 cm³/mol. The Balaban J connectivity index is 2.91. The van der Waals surface area contributed by atoms with Crippen LogP contribution in [0.1, 0.15) is 18.1 Å². The van der Waals surface area contributed by atoms with Gasteiger partial charge in [0.15, 0.2) is 0 Å². The first-order chi connectivity index (χ1) is 8.21. The van der Waals surface area contributed by atoms with Crippen molar-refractivity contribution in [1.82, 2.24) is 0 Å². The van der Waals surface area contributed by atoms with Crippen LogP contribution < -0.4 is 0 Å². The van der Waals surface area contributed by atoms with Crippen molar-refractivity contribution in [2.24, 2.45) is 0 Å². The number of benzene rings is 1. The van der Waals surface area contributed by atoms with E-state index >= 15 is 0 Å². The summed E-state index contributed by atoms with van der Waals surface area (Å²) in [6.07, 6.45) is 1.46. The van der Waals surface area contributed by atoms with Gasteiger partial charge in [-0.1, -0.05) is 24.3 Å². The normalized spacial score (nSPS) is 10.8. The molecule has 0 bridgehead atoms. The van der Waals surface area contributed by atoms with Crippen LogP contribution >= 0.6 is 0 Å². The van der Waals surface area contributed by atoms with Gasteiger partial charge < -0.3 is 9.84 Å². The minimum Gasteiger partial charge on any atom is -0.462 e. The summed E-state index contributed by atoms with van der Waals surface area (Å²) in [6.45, 7) is 1.89. The van der Waals surface area contributed by atoms with Crippen molar-refractivity contribution < 1.29 is 14.6 Å². The van der Waals surface area contributed by atoms with E-state index < -0.39 is 5.97 Å². The van der Waals surface area contributed by atoms with E-state index in [1.54, 1.807) is 37.3 Å². The van der Waals surface area contributed by atoms with Crippen molar-refractivity contribution in [2.75, 3.05) is 6.61 Å². The van der Waals surface area contributed by atoms with E-state index in [2.05, 4.69) is 0 Å². The van der Waals surface area contributed by atoms with Gasteiger partial charge in [-0.25, -0.2) is 4.79 Å². The number of hydrogen-bond acceptors (Lipinski definition) is 4. The van der Waals surface area contributed by atoms with Crippen molar-refractivity contribution in [3.63, 3.8) is 0 Å². The van der Waals surface area contributed by atoms with Crippen LogP contribution in [0.2, 0.25) is 0 Å². The van der Waals surface area contributed by atoms with Gasteiger partial charge in [-0.2, -0.15) is 5.26 Å². The smallest absolute Gasteiger partial charge is 0.348 e. The molecule has 0 aliphatic rings. The number of aliphatic hydroxyl groups is 1. The molecule has 0 saturated carbocycles. The fourth-order valence-corrected chi connectivity index (χ4v) is 1.23. The second-order valence-corrected chi connectivity index (χ2v) is 3.29. The lowest BCUT2D eigenvalue weighted by molar-refractivity contribution is -0.137. The monoisotopic (exact) mass is 231 g/mol. The number of ether oxygens (including phenoxy) is 1. The maximum Gasteiger partial charge on any atom is 0.348 e. The maximum atomic E-state index is 11.3. The molecule has 0 fully saturated rings. The Labute approximate surface area is 99.8 Å². The van der Waals surface area contributed by atoms with Gasteiger partial charge >= 0.3 is 5.97 Å². The molecule has 1 aromatic rings. The SMILES string of the molecule is CCOC(=O)/C(C#N)=C/c1ccc(CO)cc1. The highest BCUT2D eigenvalue weighted by molar-refractivity contribution is 5.97. The van der Waals surface area contributed by atoms with E-state index in [0.29, 0.717) is 5.56 Å². The molecule has 0 heterocycles. The highest BCUT2D eigenvalue weighted by atomic mass is 16.5. The lowest BCUT2D eigenvalue weighted by atomic mass is 10.1. The average Bonchev–Trinajstić information content (AvgIpc) is 2.37. The molecule has 1 N–H and O–H groups in total. The molecule has 0 atom stereocenters. The Kier molecular flexibility index (Phi) is 4.92. The number of carbonyl (C=O) groups is 1. The predicted octanol–water partition coefficient (Wildman–Crippen LogP) is 1.65. The highest BCUT2D eigenvalue weighted by Gasteiger charge is 2.09. The second-order valence-electron chi connectivity index (χ2n) is 3.29. The quantitative estimate of drug-likeness (QED) is 0.486. The topological polar surface area (TPSA) is 70.3 Å². The third-order valence-corrected chi connectivity index (χ3v) is 2.09. The van der Waals surface area contributed by atoms with Crippen LogP contribution in [0.25, 0.3) is 6.08 Å². The number of nitriles is 1. The lowest BCUT2D eigenvalue weighted by Gasteiger charge is -2.00. The third kappa shape index (κ3) is 3.74. The number of rotatable bonds is 4. The van der Waals surface area contributed by atoms with Crippen LogP contribution in [-0.2, 0) is 16.1 Å². The fraction of sp³-hybridized carbons (Fsp3) is 0.231. The van der Waals surface area contributed by atoms with Gasteiger partial charge in [0.1, 0.15) is 11.6 Å². The van der Waals surface area contributed by atoms with Crippen LogP contribution in [0.3, 0.4) is 0 Å². The van der Waals surface area contributed by atoms with Gasteiger partial charge in [0.05, 0.1) is 13.2 Å². The van der Waals surface area contributed by atoms with Crippen LogP contribution in [0.15, 0.2) is 29.8 Å². The largest absolute Gasteiger partial charge is 0.462 e. The first kappa shape index (κ1) is 12.9. The summed E-state index contributed by atoms with van der Waals surface area (Å²) in [5.74, 6) is -0.624. The zero-order valence-electron chi connectivity index (χ0n) is 9.51. The number of carbonyl (C=O) groups excluding carboxylic acids is 1. The molecule has 0 spiro atoms. The van der Waals surface area contributed by atoms with E-state index in [1.165, 1.54) is 6.08 Å². The molecule has 0 unspecified atom stereocenters. The molecule has 4 nitrogen and oxygen atoms in total. The molecule has 1 rings (SSSR count). The first-order valence-corrected chi connectivity index (χ1v) is 5.20. The fourth-order valence-electron chi connectivity index (χ4n) is 1.23.